The normalized spacial score (nSPS) is 24.5. The molecule has 1 aromatic carbocycles. The average molecular weight is 236 g/mol. The van der Waals surface area contributed by atoms with Crippen molar-refractivity contribution in [3.63, 3.8) is 0 Å². The summed E-state index contributed by atoms with van der Waals surface area (Å²) in [6, 6.07) is 6.85. The minimum atomic E-state index is -0.686. The molecule has 17 heavy (non-hydrogen) atoms. The fraction of sp³-hybridized carbons (Fsp3) is 0.500. The number of benzene rings is 1. The number of rotatable bonds is 3. The summed E-state index contributed by atoms with van der Waals surface area (Å²) in [7, 11) is 0. The smallest absolute Gasteiger partial charge is 0.306 e. The number of carbonyl (C=O) groups is 1. The molecule has 3 heteroatoms. The zero-order valence-corrected chi connectivity index (χ0v) is 9.73. The maximum Gasteiger partial charge on any atom is 0.306 e. The predicted molar refractivity (Wildman–Crippen MR) is 63.2 cm³/mol. The van der Waals surface area contributed by atoms with Gasteiger partial charge < -0.3 is 5.11 Å². The van der Waals surface area contributed by atoms with Gasteiger partial charge in [0.2, 0.25) is 0 Å². The summed E-state index contributed by atoms with van der Waals surface area (Å²) in [4.78, 5) is 10.8. The van der Waals surface area contributed by atoms with Crippen LogP contribution in [0.3, 0.4) is 0 Å². The molecule has 2 rings (SSSR count). The molecule has 1 N–H and O–H groups in total. The van der Waals surface area contributed by atoms with Gasteiger partial charge >= 0.3 is 5.97 Å². The van der Waals surface area contributed by atoms with Crippen molar-refractivity contribution in [1.82, 2.24) is 0 Å². The third-order valence-corrected chi connectivity index (χ3v) is 3.66. The van der Waals surface area contributed by atoms with Crippen LogP contribution in [0, 0.1) is 17.7 Å². The second-order valence-corrected chi connectivity index (χ2v) is 4.85. The first-order chi connectivity index (χ1) is 8.16. The second-order valence-electron chi connectivity index (χ2n) is 4.85. The maximum atomic E-state index is 13.5. The van der Waals surface area contributed by atoms with Crippen molar-refractivity contribution in [2.24, 2.45) is 11.8 Å². The van der Waals surface area contributed by atoms with E-state index in [-0.39, 0.29) is 11.7 Å². The largest absolute Gasteiger partial charge is 0.481 e. The van der Waals surface area contributed by atoms with Crippen LogP contribution in [-0.2, 0) is 11.2 Å². The summed E-state index contributed by atoms with van der Waals surface area (Å²) >= 11 is 0. The fourth-order valence-electron chi connectivity index (χ4n) is 2.59. The van der Waals surface area contributed by atoms with Crippen LogP contribution < -0.4 is 0 Å². The van der Waals surface area contributed by atoms with Crippen molar-refractivity contribution >= 4 is 5.97 Å². The zero-order valence-electron chi connectivity index (χ0n) is 9.73. The SMILES string of the molecule is O=C(O)C1CCC(Cc2ccccc2F)CC1. The number of carboxylic acids is 1. The van der Waals surface area contributed by atoms with Gasteiger partial charge in [-0.25, -0.2) is 4.39 Å². The van der Waals surface area contributed by atoms with Crippen LogP contribution in [0.4, 0.5) is 4.39 Å². The highest BCUT2D eigenvalue weighted by atomic mass is 19.1. The summed E-state index contributed by atoms with van der Waals surface area (Å²) in [6.07, 6.45) is 3.98. The summed E-state index contributed by atoms with van der Waals surface area (Å²) in [5.41, 5.74) is 0.756. The van der Waals surface area contributed by atoms with E-state index < -0.39 is 5.97 Å². The molecule has 1 fully saturated rings. The van der Waals surface area contributed by atoms with E-state index in [1.54, 1.807) is 6.07 Å². The van der Waals surface area contributed by atoms with Crippen LogP contribution in [0.1, 0.15) is 31.2 Å². The monoisotopic (exact) mass is 236 g/mol. The van der Waals surface area contributed by atoms with E-state index in [2.05, 4.69) is 0 Å². The van der Waals surface area contributed by atoms with Crippen molar-refractivity contribution in [3.05, 3.63) is 35.6 Å². The van der Waals surface area contributed by atoms with Crippen LogP contribution >= 0.6 is 0 Å². The molecular formula is C14H17FO2. The first-order valence-electron chi connectivity index (χ1n) is 6.13. The van der Waals surface area contributed by atoms with E-state index in [9.17, 15) is 9.18 Å². The first kappa shape index (κ1) is 12.1. The van der Waals surface area contributed by atoms with Crippen molar-refractivity contribution in [3.8, 4) is 0 Å². The lowest BCUT2D eigenvalue weighted by Crippen LogP contribution is -2.22. The van der Waals surface area contributed by atoms with Gasteiger partial charge in [0.05, 0.1) is 5.92 Å². The Kier molecular flexibility index (Phi) is 3.77. The van der Waals surface area contributed by atoms with Gasteiger partial charge in [0.15, 0.2) is 0 Å². The molecule has 0 aliphatic heterocycles. The predicted octanol–water partition coefficient (Wildman–Crippen LogP) is 3.26. The summed E-state index contributed by atoms with van der Waals surface area (Å²) in [5, 5.41) is 8.90. The molecular weight excluding hydrogens is 219 g/mol. The number of halogens is 1. The van der Waals surface area contributed by atoms with Crippen molar-refractivity contribution < 1.29 is 14.3 Å². The molecule has 0 aromatic heterocycles. The van der Waals surface area contributed by atoms with Gasteiger partial charge in [-0.3, -0.25) is 4.79 Å². The molecule has 1 aliphatic carbocycles. The minimum Gasteiger partial charge on any atom is -0.481 e. The van der Waals surface area contributed by atoms with E-state index in [1.807, 2.05) is 12.1 Å². The molecule has 1 aliphatic rings. The average Bonchev–Trinajstić information content (AvgIpc) is 2.33. The van der Waals surface area contributed by atoms with E-state index >= 15 is 0 Å². The van der Waals surface area contributed by atoms with Crippen LogP contribution in [-0.4, -0.2) is 11.1 Å². The van der Waals surface area contributed by atoms with E-state index in [0.717, 1.165) is 37.7 Å². The Balaban J connectivity index is 1.90. The standard InChI is InChI=1S/C14H17FO2/c15-13-4-2-1-3-12(13)9-10-5-7-11(8-6-10)14(16)17/h1-4,10-11H,5-9H2,(H,16,17). The third kappa shape index (κ3) is 3.05. The topological polar surface area (TPSA) is 37.3 Å². The Bertz CT molecular complexity index is 395. The lowest BCUT2D eigenvalue weighted by atomic mass is 9.79. The maximum absolute atomic E-state index is 13.5. The molecule has 0 spiro atoms. The van der Waals surface area contributed by atoms with E-state index in [4.69, 9.17) is 5.11 Å². The van der Waals surface area contributed by atoms with Gasteiger partial charge in [-0.2, -0.15) is 0 Å². The van der Waals surface area contributed by atoms with Gasteiger partial charge in [0, 0.05) is 0 Å². The summed E-state index contributed by atoms with van der Waals surface area (Å²) < 4.78 is 13.5. The molecule has 1 saturated carbocycles. The van der Waals surface area contributed by atoms with E-state index in [1.165, 1.54) is 6.07 Å². The number of hydrogen-bond acceptors (Lipinski definition) is 1. The molecule has 0 amide bonds. The lowest BCUT2D eigenvalue weighted by molar-refractivity contribution is -0.143. The highest BCUT2D eigenvalue weighted by molar-refractivity contribution is 5.69. The van der Waals surface area contributed by atoms with Gasteiger partial charge in [-0.05, 0) is 49.7 Å². The van der Waals surface area contributed by atoms with Crippen LogP contribution in [0.25, 0.3) is 0 Å². The van der Waals surface area contributed by atoms with Crippen molar-refractivity contribution in [2.75, 3.05) is 0 Å². The molecule has 1 aromatic rings. The molecule has 0 radical (unpaired) electrons. The number of aliphatic carboxylic acids is 1. The molecule has 0 bridgehead atoms. The Morgan fingerprint density at radius 1 is 1.24 bits per heavy atom. The van der Waals surface area contributed by atoms with E-state index in [0.29, 0.717) is 5.92 Å². The fourth-order valence-corrected chi connectivity index (χ4v) is 2.59. The Morgan fingerprint density at radius 3 is 2.47 bits per heavy atom. The summed E-state index contributed by atoms with van der Waals surface area (Å²) in [6.45, 7) is 0. The van der Waals surface area contributed by atoms with Crippen molar-refractivity contribution in [2.45, 2.75) is 32.1 Å². The number of hydrogen-bond donors (Lipinski definition) is 1. The van der Waals surface area contributed by atoms with Gasteiger partial charge in [0.25, 0.3) is 0 Å². The Hall–Kier alpha value is -1.38. The molecule has 0 unspecified atom stereocenters. The number of carboxylic acid groups (broad SMARTS) is 1. The van der Waals surface area contributed by atoms with Gasteiger partial charge in [-0.1, -0.05) is 18.2 Å². The molecule has 92 valence electrons. The summed E-state index contributed by atoms with van der Waals surface area (Å²) in [5.74, 6) is -0.587. The van der Waals surface area contributed by atoms with Crippen LogP contribution in [0.2, 0.25) is 0 Å². The zero-order chi connectivity index (χ0) is 12.3. The molecule has 0 atom stereocenters. The highest BCUT2D eigenvalue weighted by Gasteiger charge is 2.26. The van der Waals surface area contributed by atoms with Crippen LogP contribution in [0.5, 0.6) is 0 Å². The quantitative estimate of drug-likeness (QED) is 0.874. The highest BCUT2D eigenvalue weighted by Crippen LogP contribution is 2.31. The van der Waals surface area contributed by atoms with Gasteiger partial charge in [0.1, 0.15) is 5.82 Å². The second kappa shape index (κ2) is 5.30. The van der Waals surface area contributed by atoms with Crippen molar-refractivity contribution in [1.29, 1.82) is 0 Å². The Morgan fingerprint density at radius 2 is 1.88 bits per heavy atom. The first-order valence-corrected chi connectivity index (χ1v) is 6.13. The Labute approximate surface area is 100 Å². The van der Waals surface area contributed by atoms with Gasteiger partial charge in [-0.15, -0.1) is 0 Å². The molecule has 2 nitrogen and oxygen atoms in total. The third-order valence-electron chi connectivity index (χ3n) is 3.66. The molecule has 0 saturated heterocycles. The lowest BCUT2D eigenvalue weighted by Gasteiger charge is -2.26. The minimum absolute atomic E-state index is 0.146. The molecule has 0 heterocycles. The van der Waals surface area contributed by atoms with Crippen LogP contribution in [0.15, 0.2) is 24.3 Å².